The second kappa shape index (κ2) is 13.3. The molecule has 4 rings (SSSR count). The Hall–Kier alpha value is -2.08. The first-order chi connectivity index (χ1) is 17.7. The van der Waals surface area contributed by atoms with Crippen molar-refractivity contribution in [1.82, 2.24) is 0 Å². The molecule has 0 heterocycles. The van der Waals surface area contributed by atoms with Crippen molar-refractivity contribution in [3.05, 3.63) is 77.3 Å². The molecule has 0 unspecified atom stereocenters. The van der Waals surface area contributed by atoms with E-state index in [1.54, 1.807) is 0 Å². The molecule has 4 aromatic carbocycles. The number of phenols is 1. The molecule has 17 heteroatoms. The summed E-state index contributed by atoms with van der Waals surface area (Å²) in [6, 6.07) is 14.0. The van der Waals surface area contributed by atoms with Gasteiger partial charge in [-0.2, -0.15) is 16.8 Å². The minimum absolute atomic E-state index is 0. The number of nitrogens with zero attached hydrogens (tertiary/aromatic N) is 2. The number of phenolic OH excluding ortho intramolecular Hbond substituents is 1. The summed E-state index contributed by atoms with van der Waals surface area (Å²) in [5.41, 5.74) is 5.75. The van der Waals surface area contributed by atoms with Crippen molar-refractivity contribution in [3.8, 4) is 5.75 Å². The number of amides is 1. The fourth-order valence-corrected chi connectivity index (χ4v) is 4.77. The van der Waals surface area contributed by atoms with Crippen LogP contribution in [0.5, 0.6) is 5.75 Å². The fraction of sp³-hybridized carbons (Fsp3) is 0. The molecule has 0 aliphatic carbocycles. The van der Waals surface area contributed by atoms with Crippen LogP contribution in [0.1, 0.15) is 10.4 Å². The molecular formula is C23H17ClN4Na2O8S2. The van der Waals surface area contributed by atoms with E-state index in [4.69, 9.17) is 17.3 Å². The molecule has 4 aromatic rings. The summed E-state index contributed by atoms with van der Waals surface area (Å²) in [6.07, 6.45) is 0. The predicted octanol–water partition coefficient (Wildman–Crippen LogP) is 4.18. The van der Waals surface area contributed by atoms with E-state index in [1.807, 2.05) is 0 Å². The average molecular weight is 623 g/mol. The van der Waals surface area contributed by atoms with Gasteiger partial charge in [0.05, 0.1) is 16.0 Å². The van der Waals surface area contributed by atoms with Gasteiger partial charge in [0, 0.05) is 81.5 Å². The zero-order chi connectivity index (χ0) is 27.8. The van der Waals surface area contributed by atoms with Crippen LogP contribution in [0.2, 0.25) is 5.02 Å². The zero-order valence-corrected chi connectivity index (χ0v) is 27.3. The Morgan fingerprint density at radius 3 is 2.10 bits per heavy atom. The number of nitrogens with one attached hydrogen (secondary N) is 1. The van der Waals surface area contributed by atoms with Crippen LogP contribution >= 0.6 is 11.6 Å². The van der Waals surface area contributed by atoms with Crippen molar-refractivity contribution >= 4 is 130 Å². The third-order valence-electron chi connectivity index (χ3n) is 5.23. The van der Waals surface area contributed by atoms with Gasteiger partial charge < -0.3 is 16.2 Å². The maximum absolute atomic E-state index is 12.5. The van der Waals surface area contributed by atoms with E-state index in [1.165, 1.54) is 48.5 Å². The topological polar surface area (TPSA) is 209 Å². The van der Waals surface area contributed by atoms with Gasteiger partial charge in [0.15, 0.2) is 0 Å². The predicted molar refractivity (Wildman–Crippen MR) is 151 cm³/mol. The molecule has 12 nitrogen and oxygen atoms in total. The number of fused-ring (bicyclic) bond motifs is 1. The molecule has 1 amide bonds. The average Bonchev–Trinajstić information content (AvgIpc) is 2.83. The van der Waals surface area contributed by atoms with Crippen LogP contribution in [0.15, 0.2) is 86.7 Å². The van der Waals surface area contributed by atoms with Crippen LogP contribution in [-0.2, 0) is 20.2 Å². The quantitative estimate of drug-likeness (QED) is 0.0902. The number of hydrogen-bond acceptors (Lipinski definition) is 9. The number of carbonyl (C=O) groups is 1. The van der Waals surface area contributed by atoms with Crippen molar-refractivity contribution < 1.29 is 35.8 Å². The van der Waals surface area contributed by atoms with Crippen molar-refractivity contribution in [1.29, 1.82) is 0 Å². The Labute approximate surface area is 277 Å². The maximum atomic E-state index is 12.5. The van der Waals surface area contributed by atoms with Gasteiger partial charge in [-0.3, -0.25) is 13.9 Å². The Morgan fingerprint density at radius 2 is 1.50 bits per heavy atom. The molecule has 198 valence electrons. The number of anilines is 2. The summed E-state index contributed by atoms with van der Waals surface area (Å²) >= 11 is 5.81. The molecule has 6 N–H and O–H groups in total. The van der Waals surface area contributed by atoms with Gasteiger partial charge in [-0.05, 0) is 60.0 Å². The van der Waals surface area contributed by atoms with Gasteiger partial charge in [0.1, 0.15) is 22.0 Å². The number of azo groups is 1. The number of nitrogen functional groups attached to an aromatic ring is 1. The van der Waals surface area contributed by atoms with Crippen molar-refractivity contribution in [2.24, 2.45) is 10.2 Å². The van der Waals surface area contributed by atoms with E-state index >= 15 is 0 Å². The summed E-state index contributed by atoms with van der Waals surface area (Å²) in [7, 11) is -9.47. The van der Waals surface area contributed by atoms with Crippen LogP contribution in [0.25, 0.3) is 10.8 Å². The molecule has 0 aliphatic rings. The Morgan fingerprint density at radius 1 is 0.850 bits per heavy atom. The summed E-state index contributed by atoms with van der Waals surface area (Å²) in [5.74, 6) is -1.16. The third-order valence-corrected chi connectivity index (χ3v) is 7.20. The smallest absolute Gasteiger partial charge is 0.296 e. The number of hydrogen-bond donors (Lipinski definition) is 5. The number of benzene rings is 4. The molecule has 0 saturated heterocycles. The third kappa shape index (κ3) is 7.80. The minimum atomic E-state index is -4.85. The number of aromatic hydroxyl groups is 1. The van der Waals surface area contributed by atoms with E-state index in [9.17, 15) is 35.8 Å². The molecule has 0 spiro atoms. The Bertz CT molecular complexity index is 1850. The summed E-state index contributed by atoms with van der Waals surface area (Å²) in [6.45, 7) is 0. The van der Waals surface area contributed by atoms with Crippen LogP contribution in [0.4, 0.5) is 22.7 Å². The first-order valence-electron chi connectivity index (χ1n) is 10.4. The molecule has 40 heavy (non-hydrogen) atoms. The van der Waals surface area contributed by atoms with Gasteiger partial charge in [-0.25, -0.2) is 0 Å². The van der Waals surface area contributed by atoms with Crippen molar-refractivity contribution in [2.75, 3.05) is 11.1 Å². The second-order valence-electron chi connectivity index (χ2n) is 7.84. The van der Waals surface area contributed by atoms with Crippen LogP contribution < -0.4 is 11.1 Å². The largest absolute Gasteiger partial charge is 0.507 e. The summed E-state index contributed by atoms with van der Waals surface area (Å²) in [5, 5.41) is 21.2. The van der Waals surface area contributed by atoms with Gasteiger partial charge in [-0.1, -0.05) is 17.7 Å². The SMILES string of the molecule is Nc1ccc2cc(S(=O)(=O)O)cc(O)c2c1N=Nc1ccc(NC(=O)c2ccc(Cl)cc2)cc1S(=O)(=O)O.[Na].[Na]. The van der Waals surface area contributed by atoms with Crippen LogP contribution in [0.3, 0.4) is 0 Å². The Balaban J connectivity index is 0.00000280. The van der Waals surface area contributed by atoms with E-state index in [0.29, 0.717) is 5.02 Å². The molecule has 2 radical (unpaired) electrons. The number of nitrogens with two attached hydrogens (primary N) is 1. The Kier molecular flexibility index (Phi) is 11.3. The molecule has 0 aromatic heterocycles. The van der Waals surface area contributed by atoms with Crippen LogP contribution in [0, 0.1) is 0 Å². The van der Waals surface area contributed by atoms with Gasteiger partial charge in [-0.15, -0.1) is 10.2 Å². The first-order valence-corrected chi connectivity index (χ1v) is 13.6. The maximum Gasteiger partial charge on any atom is 0.296 e. The molecule has 0 bridgehead atoms. The second-order valence-corrected chi connectivity index (χ2v) is 11.1. The molecule has 0 saturated carbocycles. The van der Waals surface area contributed by atoms with E-state index < -0.39 is 41.7 Å². The van der Waals surface area contributed by atoms with Gasteiger partial charge in [0.2, 0.25) is 0 Å². The summed E-state index contributed by atoms with van der Waals surface area (Å²) < 4.78 is 66.1. The monoisotopic (exact) mass is 622 g/mol. The van der Waals surface area contributed by atoms with Gasteiger partial charge in [0.25, 0.3) is 26.1 Å². The van der Waals surface area contributed by atoms with Crippen LogP contribution in [-0.4, -0.2) is 96.1 Å². The van der Waals surface area contributed by atoms with E-state index in [0.717, 1.165) is 18.2 Å². The molecule has 0 fully saturated rings. The first kappa shape index (κ1) is 34.1. The molecule has 0 aliphatic heterocycles. The van der Waals surface area contributed by atoms with Gasteiger partial charge >= 0.3 is 0 Å². The van der Waals surface area contributed by atoms with Crippen molar-refractivity contribution in [2.45, 2.75) is 9.79 Å². The normalized spacial score (nSPS) is 11.6. The fourth-order valence-electron chi connectivity index (χ4n) is 3.46. The van der Waals surface area contributed by atoms with E-state index in [-0.39, 0.29) is 98.2 Å². The molecular weight excluding hydrogens is 606 g/mol. The zero-order valence-electron chi connectivity index (χ0n) is 20.9. The number of carbonyl (C=O) groups excluding carboxylic acids is 1. The number of halogens is 1. The molecule has 0 atom stereocenters. The standard InChI is InChI=1S/C23H17ClN4O8S2.2Na/c24-14-4-1-12(2-5-14)23(30)26-15-6-8-18(20(10-15)38(34,35)36)27-28-22-17(25)7-3-13-9-16(37(31,32)33)11-19(29)21(13)22;;/h1-11,29H,25H2,(H,26,30)(H,31,32,33)(H,34,35,36);;. The number of rotatable bonds is 6. The van der Waals surface area contributed by atoms with E-state index in [2.05, 4.69) is 15.5 Å². The minimum Gasteiger partial charge on any atom is -0.507 e. The van der Waals surface area contributed by atoms with Crippen molar-refractivity contribution in [3.63, 3.8) is 0 Å². The summed E-state index contributed by atoms with van der Waals surface area (Å²) in [4.78, 5) is 11.2.